The highest BCUT2D eigenvalue weighted by Gasteiger charge is 2.24. The lowest BCUT2D eigenvalue weighted by Crippen LogP contribution is -2.47. The van der Waals surface area contributed by atoms with E-state index in [1.54, 1.807) is 0 Å². The zero-order valence-corrected chi connectivity index (χ0v) is 8.56. The van der Waals surface area contributed by atoms with Crippen molar-refractivity contribution in [1.82, 2.24) is 4.90 Å². The van der Waals surface area contributed by atoms with E-state index >= 15 is 0 Å². The van der Waals surface area contributed by atoms with Crippen molar-refractivity contribution >= 4 is 0 Å². The van der Waals surface area contributed by atoms with Crippen molar-refractivity contribution in [3.8, 4) is 0 Å². The second kappa shape index (κ2) is 6.66. The number of hydrogen-bond acceptors (Lipinski definition) is 1. The first-order valence-electron chi connectivity index (χ1n) is 5.12. The van der Waals surface area contributed by atoms with Gasteiger partial charge in [-0.3, -0.25) is 0 Å². The van der Waals surface area contributed by atoms with E-state index in [0.717, 1.165) is 6.04 Å². The minimum atomic E-state index is 0.935. The van der Waals surface area contributed by atoms with E-state index in [0.29, 0.717) is 0 Å². The van der Waals surface area contributed by atoms with Gasteiger partial charge in [-0.25, -0.2) is 0 Å². The van der Waals surface area contributed by atoms with Crippen molar-refractivity contribution < 1.29 is 0 Å². The minimum absolute atomic E-state index is 0.935. The third-order valence-corrected chi connectivity index (χ3v) is 2.25. The van der Waals surface area contributed by atoms with Gasteiger partial charge in [-0.2, -0.15) is 0 Å². The van der Waals surface area contributed by atoms with Crippen LogP contribution in [-0.4, -0.2) is 24.0 Å². The number of hydrogen-bond donors (Lipinski definition) is 0. The second-order valence-electron chi connectivity index (χ2n) is 2.89. The Morgan fingerprint density at radius 1 is 1.27 bits per heavy atom. The molecule has 1 aliphatic rings. The molecule has 0 N–H and O–H groups in total. The molecule has 1 fully saturated rings. The van der Waals surface area contributed by atoms with Crippen LogP contribution in [0, 0.1) is 0 Å². The van der Waals surface area contributed by atoms with E-state index in [1.807, 2.05) is 13.8 Å². The van der Waals surface area contributed by atoms with E-state index < -0.39 is 0 Å². The summed E-state index contributed by atoms with van der Waals surface area (Å²) in [6.07, 6.45) is 4.10. The Balaban J connectivity index is 0.000000461. The summed E-state index contributed by atoms with van der Waals surface area (Å²) in [5.74, 6) is 0. The summed E-state index contributed by atoms with van der Waals surface area (Å²) >= 11 is 0. The van der Waals surface area contributed by atoms with Crippen LogP contribution in [0.2, 0.25) is 0 Å². The summed E-state index contributed by atoms with van der Waals surface area (Å²) in [7, 11) is 0. The van der Waals surface area contributed by atoms with E-state index in [1.165, 1.54) is 32.4 Å². The predicted octanol–water partition coefficient (Wildman–Crippen LogP) is 2.91. The van der Waals surface area contributed by atoms with Crippen LogP contribution in [-0.2, 0) is 0 Å². The average molecular weight is 157 g/mol. The van der Waals surface area contributed by atoms with E-state index in [4.69, 9.17) is 0 Å². The highest BCUT2D eigenvalue weighted by molar-refractivity contribution is 4.80. The van der Waals surface area contributed by atoms with Crippen molar-refractivity contribution in [3.05, 3.63) is 0 Å². The highest BCUT2D eigenvalue weighted by atomic mass is 15.2. The maximum absolute atomic E-state index is 2.58. The smallest absolute Gasteiger partial charge is 0.0105 e. The predicted molar refractivity (Wildman–Crippen MR) is 51.9 cm³/mol. The summed E-state index contributed by atoms with van der Waals surface area (Å²) in [4.78, 5) is 2.58. The molecule has 0 saturated carbocycles. The normalized spacial score (nSPS) is 23.5. The average Bonchev–Trinajstić information content (AvgIpc) is 2.03. The van der Waals surface area contributed by atoms with Gasteiger partial charge in [-0.05, 0) is 32.4 Å². The molecule has 1 rings (SSSR count). The number of rotatable bonds is 3. The van der Waals surface area contributed by atoms with Crippen molar-refractivity contribution in [1.29, 1.82) is 0 Å². The fourth-order valence-electron chi connectivity index (χ4n) is 1.54. The molecule has 1 heteroatoms. The van der Waals surface area contributed by atoms with Gasteiger partial charge in [0, 0.05) is 6.04 Å². The van der Waals surface area contributed by atoms with Crippen LogP contribution in [0.3, 0.4) is 0 Å². The molecule has 0 aromatic carbocycles. The van der Waals surface area contributed by atoms with Crippen molar-refractivity contribution in [3.63, 3.8) is 0 Å². The molecule has 1 atom stereocenters. The van der Waals surface area contributed by atoms with E-state index in [9.17, 15) is 0 Å². The maximum atomic E-state index is 2.58. The number of nitrogens with zero attached hydrogens (tertiary/aromatic N) is 1. The molecule has 11 heavy (non-hydrogen) atoms. The Morgan fingerprint density at radius 3 is 2.18 bits per heavy atom. The molecule has 1 nitrogen and oxygen atoms in total. The van der Waals surface area contributed by atoms with Crippen LogP contribution in [0.25, 0.3) is 0 Å². The van der Waals surface area contributed by atoms with E-state index in [-0.39, 0.29) is 0 Å². The third kappa shape index (κ3) is 3.24. The SMILES string of the molecule is CC.CCCN1CCC1CC. The number of likely N-dealkylation sites (tertiary alicyclic amines) is 1. The topological polar surface area (TPSA) is 3.24 Å². The fraction of sp³-hybridized carbons (Fsp3) is 1.00. The van der Waals surface area contributed by atoms with Crippen LogP contribution in [0.4, 0.5) is 0 Å². The minimum Gasteiger partial charge on any atom is -0.300 e. The summed E-state index contributed by atoms with van der Waals surface area (Å²) in [6, 6.07) is 0.935. The molecule has 1 aliphatic heterocycles. The molecule has 1 heterocycles. The van der Waals surface area contributed by atoms with Crippen LogP contribution < -0.4 is 0 Å². The fourth-order valence-corrected chi connectivity index (χ4v) is 1.54. The summed E-state index contributed by atoms with van der Waals surface area (Å²) < 4.78 is 0. The lowest BCUT2D eigenvalue weighted by molar-refractivity contribution is 0.0880. The molecular formula is C10H23N. The first-order chi connectivity index (χ1) is 5.38. The Labute approximate surface area is 71.8 Å². The Hall–Kier alpha value is -0.0400. The standard InChI is InChI=1S/C8H17N.C2H6/c1-3-6-9-7-5-8(9)4-2;1-2/h8H,3-7H2,1-2H3;1-2H3. The molecule has 0 radical (unpaired) electrons. The largest absolute Gasteiger partial charge is 0.300 e. The van der Waals surface area contributed by atoms with Gasteiger partial charge in [0.1, 0.15) is 0 Å². The van der Waals surface area contributed by atoms with Crippen molar-refractivity contribution in [2.45, 2.75) is 53.0 Å². The first kappa shape index (κ1) is 11.0. The Morgan fingerprint density at radius 2 is 1.91 bits per heavy atom. The summed E-state index contributed by atoms with van der Waals surface area (Å²) in [5, 5.41) is 0. The van der Waals surface area contributed by atoms with Crippen LogP contribution in [0.5, 0.6) is 0 Å². The first-order valence-corrected chi connectivity index (χ1v) is 5.12. The Bertz CT molecular complexity index is 78.9. The van der Waals surface area contributed by atoms with Crippen molar-refractivity contribution in [2.75, 3.05) is 13.1 Å². The lowest BCUT2D eigenvalue weighted by Gasteiger charge is -2.40. The van der Waals surface area contributed by atoms with Gasteiger partial charge in [-0.15, -0.1) is 0 Å². The third-order valence-electron chi connectivity index (χ3n) is 2.25. The quantitative estimate of drug-likeness (QED) is 0.609. The molecule has 1 saturated heterocycles. The van der Waals surface area contributed by atoms with Crippen LogP contribution >= 0.6 is 0 Å². The zero-order chi connectivity index (χ0) is 8.69. The second-order valence-corrected chi connectivity index (χ2v) is 2.89. The molecule has 0 spiro atoms. The maximum Gasteiger partial charge on any atom is 0.0105 e. The van der Waals surface area contributed by atoms with Gasteiger partial charge in [0.2, 0.25) is 0 Å². The van der Waals surface area contributed by atoms with Gasteiger partial charge >= 0.3 is 0 Å². The molecule has 0 aliphatic carbocycles. The monoisotopic (exact) mass is 157 g/mol. The van der Waals surface area contributed by atoms with Gasteiger partial charge in [0.15, 0.2) is 0 Å². The van der Waals surface area contributed by atoms with E-state index in [2.05, 4.69) is 18.7 Å². The highest BCUT2D eigenvalue weighted by Crippen LogP contribution is 2.19. The summed E-state index contributed by atoms with van der Waals surface area (Å²) in [6.45, 7) is 11.2. The molecular weight excluding hydrogens is 134 g/mol. The molecule has 0 bridgehead atoms. The molecule has 0 aromatic heterocycles. The molecule has 1 unspecified atom stereocenters. The van der Waals surface area contributed by atoms with Gasteiger partial charge in [0.05, 0.1) is 0 Å². The molecule has 68 valence electrons. The molecule has 0 aromatic rings. The zero-order valence-electron chi connectivity index (χ0n) is 8.56. The van der Waals surface area contributed by atoms with Gasteiger partial charge in [0.25, 0.3) is 0 Å². The molecule has 0 amide bonds. The van der Waals surface area contributed by atoms with Crippen molar-refractivity contribution in [2.24, 2.45) is 0 Å². The Kier molecular flexibility index (Phi) is 6.63. The van der Waals surface area contributed by atoms with Gasteiger partial charge in [-0.1, -0.05) is 27.7 Å². The van der Waals surface area contributed by atoms with Crippen LogP contribution in [0.1, 0.15) is 47.0 Å². The summed E-state index contributed by atoms with van der Waals surface area (Å²) in [5.41, 5.74) is 0. The van der Waals surface area contributed by atoms with Gasteiger partial charge < -0.3 is 4.90 Å². The lowest BCUT2D eigenvalue weighted by atomic mass is 10.0. The van der Waals surface area contributed by atoms with Crippen LogP contribution in [0.15, 0.2) is 0 Å².